The highest BCUT2D eigenvalue weighted by molar-refractivity contribution is 8.26. The third-order valence-electron chi connectivity index (χ3n) is 4.27. The molecule has 0 spiro atoms. The van der Waals surface area contributed by atoms with Crippen molar-refractivity contribution in [1.82, 2.24) is 9.47 Å². The van der Waals surface area contributed by atoms with Crippen LogP contribution >= 0.6 is 24.0 Å². The van der Waals surface area contributed by atoms with Gasteiger partial charge in [-0.05, 0) is 18.6 Å². The average molecular weight is 415 g/mol. The van der Waals surface area contributed by atoms with Crippen LogP contribution in [0.5, 0.6) is 0 Å². The second-order valence-electron chi connectivity index (χ2n) is 6.29. The minimum atomic E-state index is -0.902. The number of carbonyl (C=O) groups is 3. The Kier molecular flexibility index (Phi) is 6.11. The van der Waals surface area contributed by atoms with Crippen molar-refractivity contribution in [2.24, 2.45) is 7.05 Å². The topological polar surface area (TPSA) is 79.6 Å². The van der Waals surface area contributed by atoms with Crippen LogP contribution in [-0.2, 0) is 16.6 Å². The van der Waals surface area contributed by atoms with Crippen molar-refractivity contribution in [3.63, 3.8) is 0 Å². The Morgan fingerprint density at radius 1 is 1.21 bits per heavy atom. The van der Waals surface area contributed by atoms with Gasteiger partial charge in [-0.3, -0.25) is 19.3 Å². The minimum Gasteiger partial charge on any atom is -0.481 e. The summed E-state index contributed by atoms with van der Waals surface area (Å²) in [5.41, 5.74) is 1.85. The van der Waals surface area contributed by atoms with Crippen molar-refractivity contribution in [2.75, 3.05) is 6.54 Å². The number of benzene rings is 1. The van der Waals surface area contributed by atoms with Crippen molar-refractivity contribution < 1.29 is 19.5 Å². The third kappa shape index (κ3) is 4.40. The smallest absolute Gasteiger partial charge is 0.303 e. The zero-order valence-corrected chi connectivity index (χ0v) is 16.8. The first-order valence-electron chi connectivity index (χ1n) is 8.60. The Morgan fingerprint density at radius 2 is 1.93 bits per heavy atom. The van der Waals surface area contributed by atoms with Gasteiger partial charge < -0.3 is 9.67 Å². The first-order valence-corrected chi connectivity index (χ1v) is 9.82. The molecule has 2 aromatic rings. The molecule has 28 heavy (non-hydrogen) atoms. The molecule has 144 valence electrons. The Labute approximate surface area is 171 Å². The van der Waals surface area contributed by atoms with Crippen LogP contribution in [0.1, 0.15) is 34.5 Å². The van der Waals surface area contributed by atoms with E-state index in [4.69, 9.17) is 17.3 Å². The summed E-state index contributed by atoms with van der Waals surface area (Å²) in [6.45, 7) is 0.277. The zero-order chi connectivity index (χ0) is 20.3. The number of hydrogen-bond acceptors (Lipinski definition) is 5. The van der Waals surface area contributed by atoms with Crippen LogP contribution in [0.4, 0.5) is 0 Å². The van der Waals surface area contributed by atoms with Crippen LogP contribution in [0, 0.1) is 0 Å². The van der Waals surface area contributed by atoms with Crippen LogP contribution in [0.2, 0.25) is 0 Å². The number of carbonyl (C=O) groups excluding carboxylic acids is 2. The third-order valence-corrected chi connectivity index (χ3v) is 5.64. The quantitative estimate of drug-likeness (QED) is 0.425. The van der Waals surface area contributed by atoms with E-state index in [0.717, 1.165) is 0 Å². The second-order valence-corrected chi connectivity index (χ2v) is 7.97. The molecular formula is C20H18N2O4S2. The summed E-state index contributed by atoms with van der Waals surface area (Å²) < 4.78 is 2.20. The summed E-state index contributed by atoms with van der Waals surface area (Å²) in [4.78, 5) is 37.7. The predicted molar refractivity (Wildman–Crippen MR) is 112 cm³/mol. The van der Waals surface area contributed by atoms with Gasteiger partial charge in [0.2, 0.25) is 0 Å². The number of thiocarbonyl (C=S) groups is 1. The largest absolute Gasteiger partial charge is 0.481 e. The molecule has 1 aliphatic heterocycles. The van der Waals surface area contributed by atoms with Crippen LogP contribution in [0.25, 0.3) is 6.08 Å². The van der Waals surface area contributed by atoms with E-state index < -0.39 is 5.97 Å². The van der Waals surface area contributed by atoms with Gasteiger partial charge in [-0.25, -0.2) is 0 Å². The van der Waals surface area contributed by atoms with E-state index in [1.54, 1.807) is 42.1 Å². The lowest BCUT2D eigenvalue weighted by Gasteiger charge is -2.13. The number of carboxylic acids is 1. The number of amides is 1. The number of nitrogens with zero attached hydrogens (tertiary/aromatic N) is 2. The number of hydrogen-bond donors (Lipinski definition) is 1. The second kappa shape index (κ2) is 8.53. The summed E-state index contributed by atoms with van der Waals surface area (Å²) in [5, 5.41) is 8.74. The van der Waals surface area contributed by atoms with Gasteiger partial charge in [-0.1, -0.05) is 54.3 Å². The maximum atomic E-state index is 12.6. The van der Waals surface area contributed by atoms with E-state index in [-0.39, 0.29) is 24.7 Å². The van der Waals surface area contributed by atoms with Gasteiger partial charge in [0.15, 0.2) is 5.78 Å². The summed E-state index contributed by atoms with van der Waals surface area (Å²) in [7, 11) is 1.81. The van der Waals surface area contributed by atoms with Crippen molar-refractivity contribution >= 4 is 52.0 Å². The predicted octanol–water partition coefficient (Wildman–Crippen LogP) is 3.32. The maximum Gasteiger partial charge on any atom is 0.303 e. The molecule has 1 aliphatic rings. The van der Waals surface area contributed by atoms with Gasteiger partial charge in [-0.15, -0.1) is 0 Å². The molecule has 0 bridgehead atoms. The fourth-order valence-corrected chi connectivity index (χ4v) is 4.11. The van der Waals surface area contributed by atoms with Gasteiger partial charge >= 0.3 is 5.97 Å². The van der Waals surface area contributed by atoms with Gasteiger partial charge in [0.25, 0.3) is 5.91 Å². The van der Waals surface area contributed by atoms with Gasteiger partial charge in [0.05, 0.1) is 4.91 Å². The summed E-state index contributed by atoms with van der Waals surface area (Å²) >= 11 is 6.43. The number of aliphatic carboxylic acids is 1. The lowest BCUT2D eigenvalue weighted by atomic mass is 10.1. The fraction of sp³-hybridized carbons (Fsp3) is 0.200. The maximum absolute atomic E-state index is 12.6. The van der Waals surface area contributed by atoms with E-state index in [2.05, 4.69) is 0 Å². The number of carboxylic acid groups (broad SMARTS) is 1. The molecule has 2 heterocycles. The molecule has 1 N–H and O–H groups in total. The highest BCUT2D eigenvalue weighted by Crippen LogP contribution is 2.33. The first-order chi connectivity index (χ1) is 13.4. The van der Waals surface area contributed by atoms with Gasteiger partial charge in [-0.2, -0.15) is 0 Å². The number of thioether (sulfide) groups is 1. The Bertz CT molecular complexity index is 979. The highest BCUT2D eigenvalue weighted by Gasteiger charge is 2.32. The molecule has 1 fully saturated rings. The molecular weight excluding hydrogens is 396 g/mol. The molecule has 0 atom stereocenters. The molecule has 0 radical (unpaired) electrons. The molecule has 0 aliphatic carbocycles. The number of aryl methyl sites for hydroxylation is 1. The molecule has 3 rings (SSSR count). The summed E-state index contributed by atoms with van der Waals surface area (Å²) in [6.07, 6.45) is 3.76. The SMILES string of the molecule is Cn1cc(C(=O)c2ccccc2)cc1/C=C1\SC(=S)N(CCCC(=O)O)C1=O. The van der Waals surface area contributed by atoms with Crippen LogP contribution in [-0.4, -0.2) is 43.1 Å². The van der Waals surface area contributed by atoms with E-state index in [0.29, 0.717) is 32.5 Å². The van der Waals surface area contributed by atoms with Crippen molar-refractivity contribution in [3.05, 3.63) is 64.3 Å². The number of aromatic nitrogens is 1. The van der Waals surface area contributed by atoms with E-state index in [1.807, 2.05) is 18.2 Å². The van der Waals surface area contributed by atoms with Crippen molar-refractivity contribution in [1.29, 1.82) is 0 Å². The highest BCUT2D eigenvalue weighted by atomic mass is 32.2. The van der Waals surface area contributed by atoms with Gasteiger partial charge in [0.1, 0.15) is 4.32 Å². The Balaban J connectivity index is 1.78. The summed E-state index contributed by atoms with van der Waals surface area (Å²) in [5.74, 6) is -1.23. The van der Waals surface area contributed by atoms with E-state index in [1.165, 1.54) is 16.7 Å². The normalized spacial score (nSPS) is 15.5. The Morgan fingerprint density at radius 3 is 2.61 bits per heavy atom. The lowest BCUT2D eigenvalue weighted by Crippen LogP contribution is -2.29. The standard InChI is InChI=1S/C20H18N2O4S2/c1-21-12-14(18(25)13-6-3-2-4-7-13)10-15(21)11-16-19(26)22(20(27)28-16)9-5-8-17(23)24/h2-4,6-7,10-12H,5,8-9H2,1H3,(H,23,24)/b16-11-. The number of rotatable bonds is 7. The van der Waals surface area contributed by atoms with Crippen LogP contribution in [0.3, 0.4) is 0 Å². The first kappa shape index (κ1) is 20.0. The molecule has 1 amide bonds. The van der Waals surface area contributed by atoms with Crippen LogP contribution in [0.15, 0.2) is 47.5 Å². The fourth-order valence-electron chi connectivity index (χ4n) is 2.82. The molecule has 6 nitrogen and oxygen atoms in total. The summed E-state index contributed by atoms with van der Waals surface area (Å²) in [6, 6.07) is 10.7. The van der Waals surface area contributed by atoms with Gasteiger partial charge in [0, 0.05) is 43.0 Å². The lowest BCUT2D eigenvalue weighted by molar-refractivity contribution is -0.137. The minimum absolute atomic E-state index is 0.0150. The Hall–Kier alpha value is -2.71. The molecule has 8 heteroatoms. The molecule has 1 saturated heterocycles. The molecule has 1 aromatic heterocycles. The van der Waals surface area contributed by atoms with E-state index >= 15 is 0 Å². The molecule has 1 aromatic carbocycles. The van der Waals surface area contributed by atoms with Crippen molar-refractivity contribution in [3.8, 4) is 0 Å². The van der Waals surface area contributed by atoms with E-state index in [9.17, 15) is 14.4 Å². The average Bonchev–Trinajstić information content (AvgIpc) is 3.16. The monoisotopic (exact) mass is 414 g/mol. The van der Waals surface area contributed by atoms with Crippen molar-refractivity contribution in [2.45, 2.75) is 12.8 Å². The van der Waals surface area contributed by atoms with Crippen LogP contribution < -0.4 is 0 Å². The molecule has 0 unspecified atom stereocenters. The zero-order valence-electron chi connectivity index (χ0n) is 15.1. The molecule has 0 saturated carbocycles. The number of ketones is 1.